The molecule has 4 nitrogen and oxygen atoms in total. The summed E-state index contributed by atoms with van der Waals surface area (Å²) in [7, 11) is 0. The lowest BCUT2D eigenvalue weighted by Crippen LogP contribution is -2.39. The van der Waals surface area contributed by atoms with Gasteiger partial charge >= 0.3 is 0 Å². The Morgan fingerprint density at radius 2 is 1.45 bits per heavy atom. The molecule has 2 heterocycles. The molecule has 4 heteroatoms. The van der Waals surface area contributed by atoms with Gasteiger partial charge in [-0.2, -0.15) is 0 Å². The third-order valence-corrected chi connectivity index (χ3v) is 4.05. The maximum Gasteiger partial charge on any atom is 0.0920 e. The Labute approximate surface area is 121 Å². The smallest absolute Gasteiger partial charge is 0.0920 e. The van der Waals surface area contributed by atoms with Crippen LogP contribution in [0.15, 0.2) is 30.3 Å². The standard InChI is InChI=1S/C11H15NO.C5H11NO/c13-11(6-8-12-9-7-11)10-4-2-1-3-5-10;7-5-1-3-6-4-2-5/h1-5,12-13H,6-9H2;5-7H,1-4H2. The van der Waals surface area contributed by atoms with Crippen molar-refractivity contribution in [1.29, 1.82) is 0 Å². The van der Waals surface area contributed by atoms with E-state index in [1.54, 1.807) is 0 Å². The van der Waals surface area contributed by atoms with E-state index in [4.69, 9.17) is 5.11 Å². The van der Waals surface area contributed by atoms with Crippen LogP contribution in [0.3, 0.4) is 0 Å². The molecule has 3 rings (SSSR count). The summed E-state index contributed by atoms with van der Waals surface area (Å²) in [6, 6.07) is 9.95. The molecule has 20 heavy (non-hydrogen) atoms. The van der Waals surface area contributed by atoms with Gasteiger partial charge in [0.25, 0.3) is 0 Å². The molecule has 0 aromatic heterocycles. The fourth-order valence-corrected chi connectivity index (χ4v) is 2.68. The lowest BCUT2D eigenvalue weighted by Gasteiger charge is -2.32. The van der Waals surface area contributed by atoms with Crippen molar-refractivity contribution in [2.75, 3.05) is 26.2 Å². The van der Waals surface area contributed by atoms with E-state index in [2.05, 4.69) is 10.6 Å². The highest BCUT2D eigenvalue weighted by Gasteiger charge is 2.30. The van der Waals surface area contributed by atoms with Crippen molar-refractivity contribution in [2.45, 2.75) is 37.4 Å². The first kappa shape index (κ1) is 15.4. The number of aliphatic hydroxyl groups excluding tert-OH is 1. The van der Waals surface area contributed by atoms with Crippen LogP contribution in [-0.2, 0) is 5.60 Å². The van der Waals surface area contributed by atoms with E-state index in [9.17, 15) is 5.11 Å². The van der Waals surface area contributed by atoms with Crippen molar-refractivity contribution in [2.24, 2.45) is 0 Å². The molecule has 0 radical (unpaired) electrons. The Bertz CT molecular complexity index is 371. The highest BCUT2D eigenvalue weighted by atomic mass is 16.3. The molecule has 4 N–H and O–H groups in total. The lowest BCUT2D eigenvalue weighted by molar-refractivity contribution is 0.00594. The molecule has 112 valence electrons. The van der Waals surface area contributed by atoms with E-state index < -0.39 is 5.60 Å². The minimum atomic E-state index is -0.591. The monoisotopic (exact) mass is 278 g/mol. The average Bonchev–Trinajstić information content (AvgIpc) is 2.50. The summed E-state index contributed by atoms with van der Waals surface area (Å²) >= 11 is 0. The summed E-state index contributed by atoms with van der Waals surface area (Å²) in [5.74, 6) is 0. The minimum Gasteiger partial charge on any atom is -0.393 e. The zero-order valence-electron chi connectivity index (χ0n) is 12.0. The summed E-state index contributed by atoms with van der Waals surface area (Å²) in [6.45, 7) is 3.79. The molecule has 0 saturated carbocycles. The highest BCUT2D eigenvalue weighted by Crippen LogP contribution is 2.29. The first-order chi connectivity index (χ1) is 9.71. The van der Waals surface area contributed by atoms with Crippen molar-refractivity contribution < 1.29 is 10.2 Å². The molecule has 0 aliphatic carbocycles. The van der Waals surface area contributed by atoms with Gasteiger partial charge < -0.3 is 20.8 Å². The summed E-state index contributed by atoms with van der Waals surface area (Å²) in [4.78, 5) is 0. The van der Waals surface area contributed by atoms with Gasteiger partial charge in [-0.1, -0.05) is 30.3 Å². The Hall–Kier alpha value is -0.940. The number of nitrogens with one attached hydrogen (secondary N) is 2. The second-order valence-electron chi connectivity index (χ2n) is 5.63. The van der Waals surface area contributed by atoms with Crippen LogP contribution >= 0.6 is 0 Å². The Balaban J connectivity index is 0.000000178. The van der Waals surface area contributed by atoms with Crippen LogP contribution in [0.25, 0.3) is 0 Å². The fraction of sp³-hybridized carbons (Fsp3) is 0.625. The number of aliphatic hydroxyl groups is 2. The Morgan fingerprint density at radius 1 is 0.900 bits per heavy atom. The zero-order chi connectivity index (χ0) is 14.3. The molecule has 0 unspecified atom stereocenters. The van der Waals surface area contributed by atoms with E-state index in [-0.39, 0.29) is 6.10 Å². The van der Waals surface area contributed by atoms with Gasteiger partial charge in [0.1, 0.15) is 0 Å². The first-order valence-corrected chi connectivity index (χ1v) is 7.58. The molecule has 2 aliphatic rings. The Kier molecular flexibility index (Phi) is 5.98. The van der Waals surface area contributed by atoms with Crippen LogP contribution in [0.1, 0.15) is 31.2 Å². The van der Waals surface area contributed by atoms with Crippen LogP contribution in [-0.4, -0.2) is 42.5 Å². The topological polar surface area (TPSA) is 64.5 Å². The van der Waals surface area contributed by atoms with Gasteiger partial charge in [-0.3, -0.25) is 0 Å². The van der Waals surface area contributed by atoms with Crippen LogP contribution < -0.4 is 10.6 Å². The number of rotatable bonds is 1. The molecular formula is C16H26N2O2. The van der Waals surface area contributed by atoms with Crippen LogP contribution in [0.2, 0.25) is 0 Å². The van der Waals surface area contributed by atoms with Gasteiger partial charge in [0, 0.05) is 0 Å². The molecule has 0 spiro atoms. The molecule has 2 fully saturated rings. The molecule has 1 aromatic rings. The zero-order valence-corrected chi connectivity index (χ0v) is 12.0. The van der Waals surface area contributed by atoms with Gasteiger partial charge in [-0.15, -0.1) is 0 Å². The maximum absolute atomic E-state index is 10.3. The fourth-order valence-electron chi connectivity index (χ4n) is 2.68. The van der Waals surface area contributed by atoms with E-state index in [0.717, 1.165) is 57.4 Å². The molecule has 0 atom stereocenters. The molecule has 0 bridgehead atoms. The van der Waals surface area contributed by atoms with Crippen molar-refractivity contribution in [3.63, 3.8) is 0 Å². The van der Waals surface area contributed by atoms with E-state index >= 15 is 0 Å². The maximum atomic E-state index is 10.3. The largest absolute Gasteiger partial charge is 0.393 e. The second-order valence-corrected chi connectivity index (χ2v) is 5.63. The van der Waals surface area contributed by atoms with Gasteiger partial charge in [0.15, 0.2) is 0 Å². The van der Waals surface area contributed by atoms with Gasteiger partial charge in [0.05, 0.1) is 11.7 Å². The van der Waals surface area contributed by atoms with Crippen molar-refractivity contribution in [1.82, 2.24) is 10.6 Å². The molecular weight excluding hydrogens is 252 g/mol. The van der Waals surface area contributed by atoms with Crippen LogP contribution in [0, 0.1) is 0 Å². The number of hydrogen-bond donors (Lipinski definition) is 4. The molecule has 0 amide bonds. The van der Waals surface area contributed by atoms with Crippen LogP contribution in [0.4, 0.5) is 0 Å². The average molecular weight is 278 g/mol. The predicted molar refractivity (Wildman–Crippen MR) is 80.6 cm³/mol. The number of piperidine rings is 2. The quantitative estimate of drug-likeness (QED) is 0.618. The van der Waals surface area contributed by atoms with Crippen molar-refractivity contribution >= 4 is 0 Å². The molecule has 2 aliphatic heterocycles. The third kappa shape index (κ3) is 4.56. The minimum absolute atomic E-state index is 0.0266. The second kappa shape index (κ2) is 7.74. The van der Waals surface area contributed by atoms with Gasteiger partial charge in [0.2, 0.25) is 0 Å². The number of benzene rings is 1. The normalized spacial score (nSPS) is 22.7. The molecule has 1 aromatic carbocycles. The third-order valence-electron chi connectivity index (χ3n) is 4.05. The summed E-state index contributed by atoms with van der Waals surface area (Å²) in [5.41, 5.74) is 0.462. The van der Waals surface area contributed by atoms with Gasteiger partial charge in [-0.25, -0.2) is 0 Å². The Morgan fingerprint density at radius 3 is 1.95 bits per heavy atom. The highest BCUT2D eigenvalue weighted by molar-refractivity contribution is 5.22. The van der Waals surface area contributed by atoms with E-state index in [0.29, 0.717) is 0 Å². The summed E-state index contributed by atoms with van der Waals surface area (Å²) < 4.78 is 0. The predicted octanol–water partition coefficient (Wildman–Crippen LogP) is 0.988. The van der Waals surface area contributed by atoms with Crippen LogP contribution in [0.5, 0.6) is 0 Å². The summed E-state index contributed by atoms with van der Waals surface area (Å²) in [5, 5.41) is 25.6. The summed E-state index contributed by atoms with van der Waals surface area (Å²) in [6.07, 6.45) is 3.47. The lowest BCUT2D eigenvalue weighted by atomic mass is 9.85. The number of hydrogen-bond acceptors (Lipinski definition) is 4. The molecule has 2 saturated heterocycles. The van der Waals surface area contributed by atoms with Gasteiger partial charge in [-0.05, 0) is 57.4 Å². The van der Waals surface area contributed by atoms with E-state index in [1.807, 2.05) is 30.3 Å². The van der Waals surface area contributed by atoms with Crippen molar-refractivity contribution in [3.8, 4) is 0 Å². The van der Waals surface area contributed by atoms with Crippen molar-refractivity contribution in [3.05, 3.63) is 35.9 Å². The SMILES string of the molecule is OC1(c2ccccc2)CCNCC1.OC1CCNCC1. The van der Waals surface area contributed by atoms with E-state index in [1.165, 1.54) is 0 Å². The first-order valence-electron chi connectivity index (χ1n) is 7.58.